The molecule has 1 aliphatic rings. The van der Waals surface area contributed by atoms with Crippen LogP contribution < -0.4 is 0 Å². The molecule has 7 heteroatoms. The van der Waals surface area contributed by atoms with Crippen LogP contribution >= 0.6 is 23.4 Å². The average molecular weight is 407 g/mol. The van der Waals surface area contributed by atoms with Crippen LogP contribution in [0.4, 0.5) is 4.39 Å². The fourth-order valence-corrected chi connectivity index (χ4v) is 4.64. The van der Waals surface area contributed by atoms with Gasteiger partial charge in [-0.05, 0) is 37.3 Å². The van der Waals surface area contributed by atoms with Gasteiger partial charge in [-0.15, -0.1) is 11.8 Å². The highest BCUT2D eigenvalue weighted by Crippen LogP contribution is 2.44. The number of likely N-dealkylation sites (N-methyl/N-ethyl adjacent to an activating group) is 1. The van der Waals surface area contributed by atoms with Gasteiger partial charge in [-0.1, -0.05) is 29.8 Å². The maximum atomic E-state index is 13.0. The largest absolute Gasteiger partial charge is 0.340 e. The molecule has 2 amide bonds. The first kappa shape index (κ1) is 19.7. The Labute approximate surface area is 167 Å². The lowest BCUT2D eigenvalue weighted by atomic mass is 10.2. The van der Waals surface area contributed by atoms with E-state index in [0.717, 1.165) is 5.56 Å². The molecule has 0 spiro atoms. The number of hydrogen-bond acceptors (Lipinski definition) is 3. The van der Waals surface area contributed by atoms with Gasteiger partial charge in [-0.3, -0.25) is 9.59 Å². The number of thioether (sulfide) groups is 1. The van der Waals surface area contributed by atoms with Crippen LogP contribution in [0.5, 0.6) is 0 Å². The van der Waals surface area contributed by atoms with E-state index >= 15 is 0 Å². The molecule has 142 valence electrons. The third-order valence-corrected chi connectivity index (χ3v) is 6.25. The molecule has 2 aromatic carbocycles. The van der Waals surface area contributed by atoms with Crippen molar-refractivity contribution in [1.29, 1.82) is 0 Å². The lowest BCUT2D eigenvalue weighted by molar-refractivity contribution is -0.129. The van der Waals surface area contributed by atoms with Crippen molar-refractivity contribution in [2.75, 3.05) is 20.1 Å². The van der Waals surface area contributed by atoms with Crippen LogP contribution in [0, 0.1) is 5.82 Å². The van der Waals surface area contributed by atoms with E-state index in [1.165, 1.54) is 29.2 Å². The summed E-state index contributed by atoms with van der Waals surface area (Å²) in [4.78, 5) is 28.4. The number of halogens is 2. The molecule has 1 heterocycles. The first-order valence-electron chi connectivity index (χ1n) is 8.60. The van der Waals surface area contributed by atoms with Crippen molar-refractivity contribution in [3.8, 4) is 0 Å². The highest BCUT2D eigenvalue weighted by atomic mass is 35.5. The van der Waals surface area contributed by atoms with Crippen LogP contribution in [-0.2, 0) is 4.79 Å². The van der Waals surface area contributed by atoms with E-state index in [-0.39, 0.29) is 28.3 Å². The van der Waals surface area contributed by atoms with Crippen LogP contribution in [0.2, 0.25) is 5.02 Å². The van der Waals surface area contributed by atoms with Crippen molar-refractivity contribution in [2.24, 2.45) is 0 Å². The van der Waals surface area contributed by atoms with Gasteiger partial charge in [0.15, 0.2) is 0 Å². The molecule has 1 aliphatic heterocycles. The minimum absolute atomic E-state index is 0.0348. The Morgan fingerprint density at radius 2 is 1.89 bits per heavy atom. The van der Waals surface area contributed by atoms with Gasteiger partial charge in [-0.2, -0.15) is 0 Å². The van der Waals surface area contributed by atoms with Crippen LogP contribution in [-0.4, -0.2) is 47.0 Å². The smallest absolute Gasteiger partial charge is 0.253 e. The molecule has 2 atom stereocenters. The van der Waals surface area contributed by atoms with Crippen molar-refractivity contribution < 1.29 is 14.0 Å². The summed E-state index contributed by atoms with van der Waals surface area (Å²) in [6.45, 7) is 2.65. The van der Waals surface area contributed by atoms with Crippen molar-refractivity contribution in [3.63, 3.8) is 0 Å². The molecule has 0 unspecified atom stereocenters. The minimum atomic E-state index is -0.384. The summed E-state index contributed by atoms with van der Waals surface area (Å²) in [6, 6.07) is 12.9. The van der Waals surface area contributed by atoms with Gasteiger partial charge in [0, 0.05) is 36.3 Å². The Bertz CT molecular complexity index is 846. The summed E-state index contributed by atoms with van der Waals surface area (Å²) in [5, 5.41) is 0.289. The lowest BCUT2D eigenvalue weighted by Crippen LogP contribution is -2.39. The molecule has 0 saturated carbocycles. The second-order valence-corrected chi connectivity index (χ2v) is 8.25. The van der Waals surface area contributed by atoms with E-state index in [0.29, 0.717) is 23.7 Å². The fraction of sp³-hybridized carbons (Fsp3) is 0.300. The maximum absolute atomic E-state index is 13.0. The summed E-state index contributed by atoms with van der Waals surface area (Å²) in [6.07, 6.45) is 0. The Kier molecular flexibility index (Phi) is 6.07. The molecule has 0 aromatic heterocycles. The van der Waals surface area contributed by atoms with Crippen molar-refractivity contribution in [2.45, 2.75) is 17.5 Å². The number of nitrogens with zero attached hydrogens (tertiary/aromatic N) is 2. The Hall–Kier alpha value is -2.05. The van der Waals surface area contributed by atoms with Crippen LogP contribution in [0.1, 0.15) is 28.2 Å². The zero-order valence-electron chi connectivity index (χ0n) is 15.1. The molecule has 27 heavy (non-hydrogen) atoms. The van der Waals surface area contributed by atoms with Gasteiger partial charge in [-0.25, -0.2) is 4.39 Å². The normalized spacial score (nSPS) is 19.4. The van der Waals surface area contributed by atoms with Gasteiger partial charge < -0.3 is 9.80 Å². The van der Waals surface area contributed by atoms with E-state index < -0.39 is 0 Å². The van der Waals surface area contributed by atoms with Crippen LogP contribution in [0.3, 0.4) is 0 Å². The van der Waals surface area contributed by atoms with Gasteiger partial charge >= 0.3 is 0 Å². The first-order chi connectivity index (χ1) is 12.9. The highest BCUT2D eigenvalue weighted by molar-refractivity contribution is 8.01. The van der Waals surface area contributed by atoms with Gasteiger partial charge in [0.1, 0.15) is 11.2 Å². The second kappa shape index (κ2) is 8.31. The van der Waals surface area contributed by atoms with Crippen LogP contribution in [0.15, 0.2) is 48.5 Å². The van der Waals surface area contributed by atoms with Crippen molar-refractivity contribution >= 4 is 35.2 Å². The summed E-state index contributed by atoms with van der Waals surface area (Å²) in [5.74, 6) is -0.561. The zero-order chi connectivity index (χ0) is 19.6. The van der Waals surface area contributed by atoms with Crippen molar-refractivity contribution in [1.82, 2.24) is 9.80 Å². The Morgan fingerprint density at radius 3 is 2.56 bits per heavy atom. The maximum Gasteiger partial charge on any atom is 0.253 e. The molecule has 0 bridgehead atoms. The molecule has 0 aliphatic carbocycles. The van der Waals surface area contributed by atoms with E-state index in [4.69, 9.17) is 11.6 Å². The summed E-state index contributed by atoms with van der Waals surface area (Å²) in [5.41, 5.74) is 1.31. The Balaban J connectivity index is 1.71. The van der Waals surface area contributed by atoms with E-state index in [1.54, 1.807) is 23.7 Å². The minimum Gasteiger partial charge on any atom is -0.340 e. The standard InChI is InChI=1S/C20H20ClFN2O2S/c1-13-18(25)24(20(27-13)16-5-3-4-6-17(16)21)12-11-23(2)19(26)14-7-9-15(22)10-8-14/h3-10,13,20H,11-12H2,1-2H3/t13-,20-/m0/s1. The van der Waals surface area contributed by atoms with E-state index in [2.05, 4.69) is 0 Å². The number of hydrogen-bond donors (Lipinski definition) is 0. The summed E-state index contributed by atoms with van der Waals surface area (Å²) >= 11 is 7.88. The topological polar surface area (TPSA) is 40.6 Å². The molecular weight excluding hydrogens is 387 g/mol. The third-order valence-electron chi connectivity index (χ3n) is 4.53. The number of carbonyl (C=O) groups excluding carboxylic acids is 2. The van der Waals surface area contributed by atoms with E-state index in [1.807, 2.05) is 31.2 Å². The summed E-state index contributed by atoms with van der Waals surface area (Å²) < 4.78 is 13.0. The number of rotatable bonds is 5. The average Bonchev–Trinajstić information content (AvgIpc) is 2.94. The predicted octanol–water partition coefficient (Wildman–Crippen LogP) is 4.21. The predicted molar refractivity (Wildman–Crippen MR) is 106 cm³/mol. The fourth-order valence-electron chi connectivity index (χ4n) is 2.99. The second-order valence-electron chi connectivity index (χ2n) is 6.42. The molecule has 2 aromatic rings. The lowest BCUT2D eigenvalue weighted by Gasteiger charge is -2.27. The van der Waals surface area contributed by atoms with Crippen LogP contribution in [0.25, 0.3) is 0 Å². The van der Waals surface area contributed by atoms with Crippen molar-refractivity contribution in [3.05, 3.63) is 70.5 Å². The SMILES string of the molecule is C[C@@H]1S[C@@H](c2ccccc2Cl)N(CCN(C)C(=O)c2ccc(F)cc2)C1=O. The molecule has 0 radical (unpaired) electrons. The Morgan fingerprint density at radius 1 is 1.22 bits per heavy atom. The monoisotopic (exact) mass is 406 g/mol. The van der Waals surface area contributed by atoms with E-state index in [9.17, 15) is 14.0 Å². The molecule has 3 rings (SSSR count). The zero-order valence-corrected chi connectivity index (χ0v) is 16.6. The highest BCUT2D eigenvalue weighted by Gasteiger charge is 2.39. The number of carbonyl (C=O) groups is 2. The van der Waals surface area contributed by atoms with Gasteiger partial charge in [0.2, 0.25) is 5.91 Å². The number of benzene rings is 2. The first-order valence-corrected chi connectivity index (χ1v) is 9.92. The number of amides is 2. The molecule has 4 nitrogen and oxygen atoms in total. The third kappa shape index (κ3) is 4.28. The molecule has 1 fully saturated rings. The van der Waals surface area contributed by atoms with Gasteiger partial charge in [0.05, 0.1) is 5.25 Å². The van der Waals surface area contributed by atoms with Gasteiger partial charge in [0.25, 0.3) is 5.91 Å². The molecule has 1 saturated heterocycles. The quantitative estimate of drug-likeness (QED) is 0.746. The summed E-state index contributed by atoms with van der Waals surface area (Å²) in [7, 11) is 1.67. The molecule has 0 N–H and O–H groups in total. The molecular formula is C20H20ClFN2O2S.